The molecule has 2 saturated carbocycles. The van der Waals surface area contributed by atoms with Crippen LogP contribution in [-0.4, -0.2) is 0 Å². The van der Waals surface area contributed by atoms with Crippen molar-refractivity contribution in [3.8, 4) is 11.8 Å². The highest BCUT2D eigenvalue weighted by molar-refractivity contribution is 9.10. The van der Waals surface area contributed by atoms with Crippen molar-refractivity contribution in [2.45, 2.75) is 84.0 Å². The van der Waals surface area contributed by atoms with E-state index >= 15 is 0 Å². The van der Waals surface area contributed by atoms with E-state index in [4.69, 9.17) is 0 Å². The molecule has 0 aliphatic heterocycles. The molecule has 2 aliphatic rings. The van der Waals surface area contributed by atoms with Gasteiger partial charge in [-0.05, 0) is 79.7 Å². The second-order valence-electron chi connectivity index (χ2n) is 9.17. The second-order valence-corrected chi connectivity index (χ2v) is 10.1. The lowest BCUT2D eigenvalue weighted by Gasteiger charge is -2.31. The molecule has 0 saturated heterocycles. The lowest BCUT2D eigenvalue weighted by molar-refractivity contribution is 0.221. The summed E-state index contributed by atoms with van der Waals surface area (Å²) < 4.78 is 1.11. The predicted octanol–water partition coefficient (Wildman–Crippen LogP) is 8.55. The average Bonchev–Trinajstić information content (AvgIpc) is 2.73. The van der Waals surface area contributed by atoms with Gasteiger partial charge in [0.15, 0.2) is 0 Å². The predicted molar refractivity (Wildman–Crippen MR) is 125 cm³/mol. The fourth-order valence-corrected chi connectivity index (χ4v) is 5.46. The van der Waals surface area contributed by atoms with Gasteiger partial charge < -0.3 is 0 Å². The maximum atomic E-state index is 3.46. The zero-order chi connectivity index (χ0) is 19.6. The van der Waals surface area contributed by atoms with Crippen LogP contribution in [0.15, 0.2) is 40.9 Å². The fourth-order valence-electron chi connectivity index (χ4n) is 5.20. The molecule has 0 bridgehead atoms. The molecule has 1 aromatic carbocycles. The highest BCUT2D eigenvalue weighted by Gasteiger charge is 2.23. The van der Waals surface area contributed by atoms with Crippen LogP contribution in [0, 0.1) is 35.5 Å². The van der Waals surface area contributed by atoms with Crippen molar-refractivity contribution in [3.05, 3.63) is 46.5 Å². The lowest BCUT2D eigenvalue weighted by Crippen LogP contribution is -2.17. The molecule has 0 atom stereocenters. The summed E-state index contributed by atoms with van der Waals surface area (Å²) in [6, 6.07) is 8.22. The maximum absolute atomic E-state index is 3.46. The number of rotatable bonds is 6. The molecule has 28 heavy (non-hydrogen) atoms. The minimum atomic E-state index is 0.750. The first kappa shape index (κ1) is 21.7. The Morgan fingerprint density at radius 1 is 0.821 bits per heavy atom. The van der Waals surface area contributed by atoms with Gasteiger partial charge in [0, 0.05) is 10.0 Å². The largest absolute Gasteiger partial charge is 0.0730 e. The van der Waals surface area contributed by atoms with Crippen molar-refractivity contribution in [2.24, 2.45) is 23.7 Å². The normalized spacial score (nSPS) is 28.1. The van der Waals surface area contributed by atoms with Gasteiger partial charge in [0.25, 0.3) is 0 Å². The van der Waals surface area contributed by atoms with E-state index in [2.05, 4.69) is 59.0 Å². The van der Waals surface area contributed by atoms with Crippen molar-refractivity contribution in [3.63, 3.8) is 0 Å². The molecule has 0 aromatic heterocycles. The minimum Gasteiger partial charge on any atom is -0.0730 e. The summed E-state index contributed by atoms with van der Waals surface area (Å²) >= 11 is 3.46. The Morgan fingerprint density at radius 2 is 1.36 bits per heavy atom. The first-order chi connectivity index (χ1) is 13.7. The molecule has 0 heterocycles. The summed E-state index contributed by atoms with van der Waals surface area (Å²) in [6.45, 7) is 2.34. The monoisotopic (exact) mass is 440 g/mol. The van der Waals surface area contributed by atoms with E-state index in [1.54, 1.807) is 0 Å². The summed E-state index contributed by atoms with van der Waals surface area (Å²) in [4.78, 5) is 0. The molecule has 0 radical (unpaired) electrons. The zero-order valence-electron chi connectivity index (χ0n) is 17.6. The maximum Gasteiger partial charge on any atom is 0.0249 e. The lowest BCUT2D eigenvalue weighted by atomic mass is 9.75. The van der Waals surface area contributed by atoms with Crippen LogP contribution < -0.4 is 0 Å². The molecular weight excluding hydrogens is 404 g/mol. The fraction of sp³-hybridized carbons (Fsp3) is 0.630. The Kier molecular flexibility index (Phi) is 9.20. The number of benzene rings is 1. The highest BCUT2D eigenvalue weighted by atomic mass is 79.9. The van der Waals surface area contributed by atoms with Gasteiger partial charge in [-0.25, -0.2) is 0 Å². The molecule has 2 aliphatic carbocycles. The first-order valence-corrected chi connectivity index (χ1v) is 12.5. The van der Waals surface area contributed by atoms with E-state index in [0.717, 1.165) is 33.7 Å². The Labute approximate surface area is 181 Å². The van der Waals surface area contributed by atoms with Crippen LogP contribution in [0.5, 0.6) is 0 Å². The van der Waals surface area contributed by atoms with Crippen LogP contribution >= 0.6 is 15.9 Å². The van der Waals surface area contributed by atoms with Crippen molar-refractivity contribution in [1.29, 1.82) is 0 Å². The Hall–Kier alpha value is -1.000. The van der Waals surface area contributed by atoms with Gasteiger partial charge in [0.05, 0.1) is 0 Å². The van der Waals surface area contributed by atoms with Gasteiger partial charge in [-0.15, -0.1) is 0 Å². The van der Waals surface area contributed by atoms with E-state index in [-0.39, 0.29) is 0 Å². The second kappa shape index (κ2) is 11.9. The number of halogens is 1. The van der Waals surface area contributed by atoms with Gasteiger partial charge in [-0.1, -0.05) is 92.1 Å². The Bertz CT molecular complexity index is 644. The van der Waals surface area contributed by atoms with Crippen molar-refractivity contribution in [2.75, 3.05) is 0 Å². The van der Waals surface area contributed by atoms with Gasteiger partial charge in [0.2, 0.25) is 0 Å². The van der Waals surface area contributed by atoms with E-state index < -0.39 is 0 Å². The van der Waals surface area contributed by atoms with Crippen LogP contribution in [0.1, 0.15) is 89.5 Å². The van der Waals surface area contributed by atoms with Crippen LogP contribution in [0.4, 0.5) is 0 Å². The third-order valence-electron chi connectivity index (χ3n) is 7.05. The van der Waals surface area contributed by atoms with Crippen molar-refractivity contribution < 1.29 is 0 Å². The van der Waals surface area contributed by atoms with Gasteiger partial charge >= 0.3 is 0 Å². The molecule has 0 spiro atoms. The number of allylic oxidation sites excluding steroid dienone is 2. The van der Waals surface area contributed by atoms with E-state index in [1.807, 2.05) is 12.1 Å². The van der Waals surface area contributed by atoms with Crippen LogP contribution in [-0.2, 0) is 0 Å². The quantitative estimate of drug-likeness (QED) is 0.388. The Balaban J connectivity index is 1.31. The summed E-state index contributed by atoms with van der Waals surface area (Å²) in [7, 11) is 0. The first-order valence-electron chi connectivity index (χ1n) is 11.7. The molecule has 0 unspecified atom stereocenters. The van der Waals surface area contributed by atoms with Gasteiger partial charge in [-0.3, -0.25) is 0 Å². The number of hydrogen-bond acceptors (Lipinski definition) is 0. The van der Waals surface area contributed by atoms with E-state index in [9.17, 15) is 0 Å². The van der Waals surface area contributed by atoms with Crippen LogP contribution in [0.2, 0.25) is 0 Å². The van der Waals surface area contributed by atoms with Gasteiger partial charge in [0.1, 0.15) is 0 Å². The van der Waals surface area contributed by atoms with E-state index in [0.29, 0.717) is 0 Å². The van der Waals surface area contributed by atoms with Crippen LogP contribution in [0.25, 0.3) is 0 Å². The SMILES string of the molecule is CCCC1CCC(CCC2CCC(C=CC#Cc3ccc(Br)cc3)CC2)CC1. The minimum absolute atomic E-state index is 0.750. The standard InChI is InChI=1S/C27H37Br/c1-2-5-22-8-12-25(13-9-22)16-17-26-14-10-23(11-15-26)6-3-4-7-24-18-20-27(28)21-19-24/h3,6,18-23,25-26H,2,5,8-17H2,1H3. The highest BCUT2D eigenvalue weighted by Crippen LogP contribution is 2.37. The molecule has 0 N–H and O–H groups in total. The summed E-state index contributed by atoms with van der Waals surface area (Å²) in [5.74, 6) is 10.3. The molecule has 152 valence electrons. The molecule has 3 rings (SSSR count). The smallest absolute Gasteiger partial charge is 0.0249 e. The van der Waals surface area contributed by atoms with Gasteiger partial charge in [-0.2, -0.15) is 0 Å². The molecular formula is C27H37Br. The molecule has 1 heteroatoms. The Morgan fingerprint density at radius 3 is 1.93 bits per heavy atom. The third kappa shape index (κ3) is 7.44. The average molecular weight is 441 g/mol. The third-order valence-corrected chi connectivity index (χ3v) is 7.58. The summed E-state index contributed by atoms with van der Waals surface area (Å²) in [6.07, 6.45) is 21.9. The molecule has 1 aromatic rings. The number of hydrogen-bond donors (Lipinski definition) is 0. The van der Waals surface area contributed by atoms with Crippen molar-refractivity contribution in [1.82, 2.24) is 0 Å². The zero-order valence-corrected chi connectivity index (χ0v) is 19.2. The van der Waals surface area contributed by atoms with E-state index in [1.165, 1.54) is 77.0 Å². The summed E-state index contributed by atoms with van der Waals surface area (Å²) in [5, 5.41) is 0. The molecule has 0 amide bonds. The summed E-state index contributed by atoms with van der Waals surface area (Å²) in [5.41, 5.74) is 1.08. The topological polar surface area (TPSA) is 0 Å². The van der Waals surface area contributed by atoms with Crippen molar-refractivity contribution >= 4 is 15.9 Å². The molecule has 0 nitrogen and oxygen atoms in total. The molecule has 2 fully saturated rings. The van der Waals surface area contributed by atoms with Crippen LogP contribution in [0.3, 0.4) is 0 Å².